The van der Waals surface area contributed by atoms with Gasteiger partial charge in [0.1, 0.15) is 12.0 Å². The van der Waals surface area contributed by atoms with E-state index in [-0.39, 0.29) is 44.1 Å². The van der Waals surface area contributed by atoms with Crippen molar-refractivity contribution in [1.29, 1.82) is 0 Å². The molecule has 1 unspecified atom stereocenters. The zero-order chi connectivity index (χ0) is 26.3. The molecule has 12 nitrogen and oxygen atoms in total. The molecule has 0 spiro atoms. The standard InChI is InChI=1S/C21H29F3N10O2/c1-14-2-3-15(6-27-14)7-28-20(36)17-9-34(31-30-17)5-4-16(22)8-33(26)10-18(25)29-19(35)11-32-12-21(23,24)13-32/h2-3,6,9-10,16H,4-5,7-8,11-13,25-26H2,1H3,(H,28,36)(H,29,35)/b18-10+. The number of hydrazine groups is 1. The van der Waals surface area contributed by atoms with Gasteiger partial charge in [0.15, 0.2) is 5.69 Å². The lowest BCUT2D eigenvalue weighted by atomic mass is 10.1. The minimum Gasteiger partial charge on any atom is -0.384 e. The third-order valence-corrected chi connectivity index (χ3v) is 5.14. The lowest BCUT2D eigenvalue weighted by molar-refractivity contribution is -0.143. The predicted octanol–water partition coefficient (Wildman–Crippen LogP) is -0.360. The first-order chi connectivity index (χ1) is 17.0. The zero-order valence-electron chi connectivity index (χ0n) is 19.7. The fourth-order valence-corrected chi connectivity index (χ4v) is 3.37. The minimum absolute atomic E-state index is 0.0242. The van der Waals surface area contributed by atoms with Crippen LogP contribution in [0.2, 0.25) is 0 Å². The SMILES string of the molecule is Cc1ccc(CNC(=O)c2cn(CCC(F)CN(N)/C=C(\N)NC(=O)CN3CC(F)(F)C3)nn2)cn1. The highest BCUT2D eigenvalue weighted by Gasteiger charge is 2.44. The lowest BCUT2D eigenvalue weighted by Gasteiger charge is -2.37. The first kappa shape index (κ1) is 26.9. The molecule has 3 heterocycles. The molecule has 0 saturated carbocycles. The van der Waals surface area contributed by atoms with Crippen LogP contribution in [0.4, 0.5) is 13.2 Å². The number of likely N-dealkylation sites (tertiary alicyclic amines) is 1. The van der Waals surface area contributed by atoms with Gasteiger partial charge in [-0.3, -0.25) is 24.2 Å². The lowest BCUT2D eigenvalue weighted by Crippen LogP contribution is -2.58. The van der Waals surface area contributed by atoms with Crippen molar-refractivity contribution in [3.63, 3.8) is 0 Å². The van der Waals surface area contributed by atoms with Crippen molar-refractivity contribution >= 4 is 11.8 Å². The summed E-state index contributed by atoms with van der Waals surface area (Å²) in [6, 6.07) is 3.70. The summed E-state index contributed by atoms with van der Waals surface area (Å²) >= 11 is 0. The van der Waals surface area contributed by atoms with Crippen LogP contribution >= 0.6 is 0 Å². The Morgan fingerprint density at radius 2 is 2.08 bits per heavy atom. The van der Waals surface area contributed by atoms with Crippen molar-refractivity contribution in [2.75, 3.05) is 26.2 Å². The van der Waals surface area contributed by atoms with E-state index in [0.717, 1.165) is 22.5 Å². The second-order valence-electron chi connectivity index (χ2n) is 8.57. The van der Waals surface area contributed by atoms with Crippen LogP contribution in [0.15, 0.2) is 36.5 Å². The molecule has 1 saturated heterocycles. The summed E-state index contributed by atoms with van der Waals surface area (Å²) in [7, 11) is 0. The van der Waals surface area contributed by atoms with Gasteiger partial charge < -0.3 is 21.4 Å². The largest absolute Gasteiger partial charge is 0.384 e. The van der Waals surface area contributed by atoms with Gasteiger partial charge in [-0.25, -0.2) is 19.0 Å². The van der Waals surface area contributed by atoms with Gasteiger partial charge in [-0.1, -0.05) is 11.3 Å². The summed E-state index contributed by atoms with van der Waals surface area (Å²) in [5.41, 5.74) is 7.46. The molecule has 6 N–H and O–H groups in total. The van der Waals surface area contributed by atoms with Gasteiger partial charge in [0.25, 0.3) is 11.8 Å². The van der Waals surface area contributed by atoms with Crippen LogP contribution in [0.1, 0.15) is 28.2 Å². The molecule has 1 atom stereocenters. The van der Waals surface area contributed by atoms with Crippen LogP contribution in [0.5, 0.6) is 0 Å². The van der Waals surface area contributed by atoms with E-state index in [2.05, 4.69) is 25.9 Å². The number of aromatic nitrogens is 4. The molecule has 1 aliphatic rings. The summed E-state index contributed by atoms with van der Waals surface area (Å²) in [5.74, 6) is 1.80. The van der Waals surface area contributed by atoms with Gasteiger partial charge in [-0.05, 0) is 18.6 Å². The van der Waals surface area contributed by atoms with Gasteiger partial charge in [-0.15, -0.1) is 5.10 Å². The molecule has 0 bridgehead atoms. The number of aryl methyl sites for hydroxylation is 2. The molecule has 15 heteroatoms. The normalized spacial score (nSPS) is 16.2. The quantitative estimate of drug-likeness (QED) is 0.221. The van der Waals surface area contributed by atoms with Crippen LogP contribution in [0.25, 0.3) is 0 Å². The number of carbonyl (C=O) groups is 2. The highest BCUT2D eigenvalue weighted by molar-refractivity contribution is 5.91. The van der Waals surface area contributed by atoms with E-state index in [1.165, 1.54) is 15.8 Å². The highest BCUT2D eigenvalue weighted by Crippen LogP contribution is 2.25. The van der Waals surface area contributed by atoms with E-state index in [1.54, 1.807) is 6.20 Å². The molecule has 196 valence electrons. The number of pyridine rings is 1. The number of halogens is 3. The van der Waals surface area contributed by atoms with E-state index < -0.39 is 37.0 Å². The number of amides is 2. The Balaban J connectivity index is 1.35. The van der Waals surface area contributed by atoms with Crippen molar-refractivity contribution in [1.82, 2.24) is 40.5 Å². The fraction of sp³-hybridized carbons (Fsp3) is 0.476. The molecule has 2 aromatic heterocycles. The molecule has 0 aromatic carbocycles. The molecule has 36 heavy (non-hydrogen) atoms. The van der Waals surface area contributed by atoms with Gasteiger partial charge in [0.2, 0.25) is 5.91 Å². The van der Waals surface area contributed by atoms with Crippen LogP contribution in [-0.4, -0.2) is 80.0 Å². The fourth-order valence-electron chi connectivity index (χ4n) is 3.37. The third-order valence-electron chi connectivity index (χ3n) is 5.14. The third kappa shape index (κ3) is 8.49. The van der Waals surface area contributed by atoms with Crippen molar-refractivity contribution in [2.24, 2.45) is 11.6 Å². The number of carbonyl (C=O) groups excluding carboxylic acids is 2. The number of rotatable bonds is 12. The Hall–Kier alpha value is -3.72. The maximum atomic E-state index is 14.3. The van der Waals surface area contributed by atoms with Crippen LogP contribution in [0.3, 0.4) is 0 Å². The first-order valence-corrected chi connectivity index (χ1v) is 11.1. The van der Waals surface area contributed by atoms with Gasteiger partial charge in [0.05, 0.1) is 38.6 Å². The Morgan fingerprint density at radius 3 is 2.75 bits per heavy atom. The summed E-state index contributed by atoms with van der Waals surface area (Å²) in [5, 5.41) is 13.6. The van der Waals surface area contributed by atoms with Crippen molar-refractivity contribution in [3.8, 4) is 0 Å². The minimum atomic E-state index is -2.77. The summed E-state index contributed by atoms with van der Waals surface area (Å²) < 4.78 is 41.3. The smallest absolute Gasteiger partial charge is 0.273 e. The van der Waals surface area contributed by atoms with E-state index >= 15 is 0 Å². The maximum Gasteiger partial charge on any atom is 0.273 e. The Bertz CT molecular complexity index is 1070. The molecule has 0 radical (unpaired) electrons. The van der Waals surface area contributed by atoms with Gasteiger partial charge in [-0.2, -0.15) is 0 Å². The average molecular weight is 511 g/mol. The van der Waals surface area contributed by atoms with Gasteiger partial charge in [0, 0.05) is 31.4 Å². The Kier molecular flexibility index (Phi) is 8.82. The molecule has 1 fully saturated rings. The molecule has 3 rings (SSSR count). The predicted molar refractivity (Wildman–Crippen MR) is 122 cm³/mol. The van der Waals surface area contributed by atoms with Crippen LogP contribution in [0, 0.1) is 6.92 Å². The van der Waals surface area contributed by atoms with Crippen molar-refractivity contribution < 1.29 is 22.8 Å². The maximum absolute atomic E-state index is 14.3. The number of nitrogens with one attached hydrogen (secondary N) is 2. The second-order valence-corrected chi connectivity index (χ2v) is 8.57. The molecule has 0 aliphatic carbocycles. The Morgan fingerprint density at radius 1 is 1.33 bits per heavy atom. The van der Waals surface area contributed by atoms with E-state index in [1.807, 2.05) is 19.1 Å². The zero-order valence-corrected chi connectivity index (χ0v) is 19.7. The topological polar surface area (TPSA) is 160 Å². The Labute approximate surface area is 205 Å². The summed E-state index contributed by atoms with van der Waals surface area (Å²) in [4.78, 5) is 29.5. The van der Waals surface area contributed by atoms with E-state index in [0.29, 0.717) is 0 Å². The number of nitrogens with zero attached hydrogens (tertiary/aromatic N) is 6. The van der Waals surface area contributed by atoms with Crippen molar-refractivity contribution in [3.05, 3.63) is 53.5 Å². The van der Waals surface area contributed by atoms with E-state index in [9.17, 15) is 22.8 Å². The first-order valence-electron chi connectivity index (χ1n) is 11.1. The summed E-state index contributed by atoms with van der Waals surface area (Å²) in [6.07, 6.45) is 2.86. The molecular formula is C21H29F3N10O2. The number of hydrogen-bond donors (Lipinski definition) is 4. The number of hydrogen-bond acceptors (Lipinski definition) is 9. The monoisotopic (exact) mass is 510 g/mol. The summed E-state index contributed by atoms with van der Waals surface area (Å²) in [6.45, 7) is 0.851. The second kappa shape index (κ2) is 11.8. The highest BCUT2D eigenvalue weighted by atomic mass is 19.3. The molecule has 2 aromatic rings. The van der Waals surface area contributed by atoms with Crippen molar-refractivity contribution in [2.45, 2.75) is 38.5 Å². The van der Waals surface area contributed by atoms with Gasteiger partial charge >= 0.3 is 0 Å². The molecular weight excluding hydrogens is 481 g/mol. The number of alkyl halides is 3. The van der Waals surface area contributed by atoms with Crippen LogP contribution in [-0.2, 0) is 17.9 Å². The molecule has 2 amide bonds. The van der Waals surface area contributed by atoms with Crippen LogP contribution < -0.4 is 22.2 Å². The van der Waals surface area contributed by atoms with E-state index in [4.69, 9.17) is 11.6 Å². The molecule has 1 aliphatic heterocycles. The number of nitrogens with two attached hydrogens (primary N) is 2. The average Bonchev–Trinajstić information content (AvgIpc) is 3.24.